The molecule has 2 atom stereocenters. The molecule has 160 valence electrons. The standard InChI is InChI=1S/C22H22FN5O3/c1-13(29)26-20(10-14-6-2-3-7-16(14)23)22(31)28-19(21(24)30)11-15-12-25-17-8-4-5-9-18(17)27-15/h2-9,12,19-20H,10-11H2,1H3,(H2,24,30)(H,26,29)(H,28,31)/t19-,20+/m1/s1. The Labute approximate surface area is 178 Å². The van der Waals surface area contributed by atoms with Crippen LogP contribution in [0.1, 0.15) is 18.2 Å². The molecule has 1 heterocycles. The zero-order valence-corrected chi connectivity index (χ0v) is 16.8. The van der Waals surface area contributed by atoms with Crippen LogP contribution in [0.5, 0.6) is 0 Å². The Morgan fingerprint density at radius 2 is 1.65 bits per heavy atom. The topological polar surface area (TPSA) is 127 Å². The van der Waals surface area contributed by atoms with Crippen molar-refractivity contribution >= 4 is 28.8 Å². The molecule has 0 spiro atoms. The number of hydrogen-bond acceptors (Lipinski definition) is 5. The molecule has 0 radical (unpaired) electrons. The predicted octanol–water partition coefficient (Wildman–Crippen LogP) is 1.03. The second-order valence-corrected chi connectivity index (χ2v) is 7.07. The molecule has 0 saturated heterocycles. The van der Waals surface area contributed by atoms with Crippen molar-refractivity contribution in [3.05, 3.63) is 71.8 Å². The minimum absolute atomic E-state index is 0.0192. The van der Waals surface area contributed by atoms with E-state index in [9.17, 15) is 18.8 Å². The van der Waals surface area contributed by atoms with Gasteiger partial charge in [-0.2, -0.15) is 0 Å². The average molecular weight is 423 g/mol. The van der Waals surface area contributed by atoms with E-state index in [4.69, 9.17) is 5.73 Å². The van der Waals surface area contributed by atoms with Gasteiger partial charge in [-0.15, -0.1) is 0 Å². The summed E-state index contributed by atoms with van der Waals surface area (Å²) in [4.78, 5) is 45.1. The van der Waals surface area contributed by atoms with Crippen LogP contribution in [0.3, 0.4) is 0 Å². The largest absolute Gasteiger partial charge is 0.368 e. The monoisotopic (exact) mass is 423 g/mol. The summed E-state index contributed by atoms with van der Waals surface area (Å²) in [7, 11) is 0. The van der Waals surface area contributed by atoms with E-state index in [2.05, 4.69) is 20.6 Å². The van der Waals surface area contributed by atoms with Gasteiger partial charge in [-0.1, -0.05) is 30.3 Å². The fourth-order valence-corrected chi connectivity index (χ4v) is 3.14. The Bertz CT molecular complexity index is 1120. The fraction of sp³-hybridized carbons (Fsp3) is 0.227. The molecule has 8 nitrogen and oxygen atoms in total. The van der Waals surface area contributed by atoms with E-state index in [0.29, 0.717) is 16.7 Å². The molecule has 0 unspecified atom stereocenters. The van der Waals surface area contributed by atoms with Crippen molar-refractivity contribution in [3.8, 4) is 0 Å². The number of primary amides is 1. The van der Waals surface area contributed by atoms with Gasteiger partial charge in [-0.3, -0.25) is 19.4 Å². The Morgan fingerprint density at radius 3 is 2.32 bits per heavy atom. The first-order valence-electron chi connectivity index (χ1n) is 9.64. The maximum atomic E-state index is 14.0. The van der Waals surface area contributed by atoms with Gasteiger partial charge in [0.15, 0.2) is 0 Å². The average Bonchev–Trinajstić information content (AvgIpc) is 2.73. The number of hydrogen-bond donors (Lipinski definition) is 3. The Kier molecular flexibility index (Phi) is 6.86. The zero-order chi connectivity index (χ0) is 22.4. The summed E-state index contributed by atoms with van der Waals surface area (Å²) in [6.45, 7) is 1.25. The van der Waals surface area contributed by atoms with Gasteiger partial charge in [0, 0.05) is 26.0 Å². The summed E-state index contributed by atoms with van der Waals surface area (Å²) < 4.78 is 14.0. The highest BCUT2D eigenvalue weighted by atomic mass is 19.1. The summed E-state index contributed by atoms with van der Waals surface area (Å²) in [5, 5.41) is 5.03. The Hall–Kier alpha value is -3.88. The molecule has 0 aliphatic carbocycles. The Morgan fingerprint density at radius 1 is 0.968 bits per heavy atom. The van der Waals surface area contributed by atoms with Crippen LogP contribution < -0.4 is 16.4 Å². The fourth-order valence-electron chi connectivity index (χ4n) is 3.14. The molecule has 9 heteroatoms. The van der Waals surface area contributed by atoms with Crippen molar-refractivity contribution in [2.75, 3.05) is 0 Å². The highest BCUT2D eigenvalue weighted by Crippen LogP contribution is 2.12. The Balaban J connectivity index is 1.76. The maximum Gasteiger partial charge on any atom is 0.243 e. The lowest BCUT2D eigenvalue weighted by molar-refractivity contribution is -0.130. The quantitative estimate of drug-likeness (QED) is 0.499. The van der Waals surface area contributed by atoms with Crippen LogP contribution in [0.4, 0.5) is 4.39 Å². The molecule has 1 aromatic heterocycles. The minimum Gasteiger partial charge on any atom is -0.368 e. The molecule has 3 amide bonds. The van der Waals surface area contributed by atoms with Gasteiger partial charge in [0.1, 0.15) is 17.9 Å². The number of carbonyl (C=O) groups excluding carboxylic acids is 3. The van der Waals surface area contributed by atoms with Crippen LogP contribution in [0.25, 0.3) is 11.0 Å². The molecule has 0 aliphatic heterocycles. The second-order valence-electron chi connectivity index (χ2n) is 7.07. The lowest BCUT2D eigenvalue weighted by Gasteiger charge is -2.21. The number of amides is 3. The van der Waals surface area contributed by atoms with Crippen LogP contribution in [-0.2, 0) is 27.2 Å². The molecule has 2 aromatic carbocycles. The number of fused-ring (bicyclic) bond motifs is 1. The molecule has 0 saturated carbocycles. The van der Waals surface area contributed by atoms with Crippen LogP contribution in [-0.4, -0.2) is 39.8 Å². The summed E-state index contributed by atoms with van der Waals surface area (Å²) >= 11 is 0. The number of nitrogens with two attached hydrogens (primary N) is 1. The van der Waals surface area contributed by atoms with Gasteiger partial charge in [-0.25, -0.2) is 9.37 Å². The molecular weight excluding hydrogens is 401 g/mol. The smallest absolute Gasteiger partial charge is 0.243 e. The van der Waals surface area contributed by atoms with Crippen molar-refractivity contribution in [1.82, 2.24) is 20.6 Å². The highest BCUT2D eigenvalue weighted by molar-refractivity contribution is 5.91. The number of aromatic nitrogens is 2. The van der Waals surface area contributed by atoms with Gasteiger partial charge in [0.25, 0.3) is 0 Å². The van der Waals surface area contributed by atoms with Crippen LogP contribution in [0.15, 0.2) is 54.7 Å². The van der Waals surface area contributed by atoms with Crippen LogP contribution in [0, 0.1) is 5.82 Å². The minimum atomic E-state index is -1.08. The molecule has 0 aliphatic rings. The van der Waals surface area contributed by atoms with E-state index in [0.717, 1.165) is 0 Å². The first-order valence-corrected chi connectivity index (χ1v) is 9.64. The van der Waals surface area contributed by atoms with E-state index in [1.807, 2.05) is 12.1 Å². The lowest BCUT2D eigenvalue weighted by atomic mass is 10.0. The summed E-state index contributed by atoms with van der Waals surface area (Å²) in [6, 6.07) is 11.0. The third kappa shape index (κ3) is 5.81. The number of para-hydroxylation sites is 2. The highest BCUT2D eigenvalue weighted by Gasteiger charge is 2.26. The number of nitrogens with one attached hydrogen (secondary N) is 2. The third-order valence-corrected chi connectivity index (χ3v) is 4.65. The van der Waals surface area contributed by atoms with E-state index in [1.54, 1.807) is 18.2 Å². The van der Waals surface area contributed by atoms with Gasteiger partial charge in [-0.05, 0) is 23.8 Å². The SMILES string of the molecule is CC(=O)N[C@@H](Cc1ccccc1F)C(=O)N[C@H](Cc1cnc2ccccc2n1)C(N)=O. The molecular formula is C22H22FN5O3. The van der Waals surface area contributed by atoms with Crippen molar-refractivity contribution in [3.63, 3.8) is 0 Å². The summed E-state index contributed by atoms with van der Waals surface area (Å²) in [5.41, 5.74) is 7.54. The zero-order valence-electron chi connectivity index (χ0n) is 16.8. The number of benzene rings is 2. The molecule has 31 heavy (non-hydrogen) atoms. The van der Waals surface area contributed by atoms with E-state index < -0.39 is 35.6 Å². The van der Waals surface area contributed by atoms with Crippen molar-refractivity contribution in [2.24, 2.45) is 5.73 Å². The number of nitrogens with zero attached hydrogens (tertiary/aromatic N) is 2. The van der Waals surface area contributed by atoms with Gasteiger partial charge >= 0.3 is 0 Å². The molecule has 3 aromatic rings. The third-order valence-electron chi connectivity index (χ3n) is 4.65. The first kappa shape index (κ1) is 21.8. The molecule has 0 bridgehead atoms. The van der Waals surface area contributed by atoms with Crippen molar-refractivity contribution in [1.29, 1.82) is 0 Å². The lowest BCUT2D eigenvalue weighted by Crippen LogP contribution is -2.54. The predicted molar refractivity (Wildman–Crippen MR) is 112 cm³/mol. The van der Waals surface area contributed by atoms with E-state index in [-0.39, 0.29) is 18.4 Å². The first-order chi connectivity index (χ1) is 14.8. The number of carbonyl (C=O) groups is 3. The van der Waals surface area contributed by atoms with E-state index in [1.165, 1.54) is 31.3 Å². The number of rotatable bonds is 8. The molecule has 0 fully saturated rings. The van der Waals surface area contributed by atoms with Crippen molar-refractivity contribution in [2.45, 2.75) is 31.8 Å². The summed E-state index contributed by atoms with van der Waals surface area (Å²) in [6.07, 6.45) is 1.44. The summed E-state index contributed by atoms with van der Waals surface area (Å²) in [5.74, 6) is -2.39. The van der Waals surface area contributed by atoms with Gasteiger partial charge in [0.05, 0.1) is 16.7 Å². The van der Waals surface area contributed by atoms with Gasteiger partial charge < -0.3 is 16.4 Å². The number of halogens is 1. The molecule has 3 rings (SSSR count). The van der Waals surface area contributed by atoms with Gasteiger partial charge in [0.2, 0.25) is 17.7 Å². The van der Waals surface area contributed by atoms with Crippen molar-refractivity contribution < 1.29 is 18.8 Å². The van der Waals surface area contributed by atoms with Crippen LogP contribution in [0.2, 0.25) is 0 Å². The second kappa shape index (κ2) is 9.75. The van der Waals surface area contributed by atoms with Crippen LogP contribution >= 0.6 is 0 Å². The maximum absolute atomic E-state index is 14.0. The van der Waals surface area contributed by atoms with E-state index >= 15 is 0 Å². The molecule has 4 N–H and O–H groups in total. The normalized spacial score (nSPS) is 12.7.